The highest BCUT2D eigenvalue weighted by Gasteiger charge is 2.49. The van der Waals surface area contributed by atoms with Crippen LogP contribution in [0.15, 0.2) is 12.3 Å². The van der Waals surface area contributed by atoms with Crippen LogP contribution in [0.2, 0.25) is 0 Å². The Morgan fingerprint density at radius 3 is 2.76 bits per heavy atom. The maximum Gasteiger partial charge on any atom is 0.269 e. The minimum Gasteiger partial charge on any atom is -0.349 e. The number of aromatic nitrogens is 2. The van der Waals surface area contributed by atoms with E-state index in [9.17, 15) is 14.4 Å². The van der Waals surface area contributed by atoms with Crippen LogP contribution in [0, 0.1) is 11.8 Å². The summed E-state index contributed by atoms with van der Waals surface area (Å²) in [5.74, 6) is 0.665. The van der Waals surface area contributed by atoms with Gasteiger partial charge in [0.05, 0.1) is 6.04 Å². The standard InChI is InChI=1S/C21H31N5O3/c1-13(2)26-18(7-8-23-26)21(29)22-10-19-16-9-15(11-24(12-16)14(3)27)17-5-4-6-20(28)25(17)19/h7-8,13,15-17,19H,4-6,9-12H2,1-3H3,(H,22,29)/t15-,16+,17+,19+/m1/s1. The Hall–Kier alpha value is -2.38. The first-order chi connectivity index (χ1) is 13.9. The van der Waals surface area contributed by atoms with E-state index in [1.165, 1.54) is 0 Å². The number of nitrogens with zero attached hydrogens (tertiary/aromatic N) is 4. The molecule has 2 bridgehead atoms. The van der Waals surface area contributed by atoms with E-state index in [-0.39, 0.29) is 41.8 Å². The summed E-state index contributed by atoms with van der Waals surface area (Å²) in [5.41, 5.74) is 0.532. The smallest absolute Gasteiger partial charge is 0.269 e. The lowest BCUT2D eigenvalue weighted by Crippen LogP contribution is -2.67. The molecule has 4 heterocycles. The molecule has 1 N–H and O–H groups in total. The first-order valence-corrected chi connectivity index (χ1v) is 10.7. The predicted molar refractivity (Wildman–Crippen MR) is 107 cm³/mol. The number of piperidine rings is 3. The van der Waals surface area contributed by atoms with Crippen molar-refractivity contribution in [2.75, 3.05) is 19.6 Å². The van der Waals surface area contributed by atoms with Crippen molar-refractivity contribution >= 4 is 17.7 Å². The molecule has 0 aliphatic carbocycles. The molecule has 3 aliphatic rings. The van der Waals surface area contributed by atoms with Crippen LogP contribution in [0.25, 0.3) is 0 Å². The first-order valence-electron chi connectivity index (χ1n) is 10.7. The van der Waals surface area contributed by atoms with Gasteiger partial charge in [0, 0.05) is 51.3 Å². The van der Waals surface area contributed by atoms with E-state index in [1.54, 1.807) is 23.9 Å². The molecule has 1 aromatic rings. The van der Waals surface area contributed by atoms with E-state index in [2.05, 4.69) is 15.3 Å². The normalized spacial score (nSPS) is 29.0. The molecule has 3 saturated heterocycles. The third kappa shape index (κ3) is 3.65. The summed E-state index contributed by atoms with van der Waals surface area (Å²) in [7, 11) is 0. The van der Waals surface area contributed by atoms with Gasteiger partial charge < -0.3 is 15.1 Å². The third-order valence-corrected chi connectivity index (χ3v) is 6.81. The Labute approximate surface area is 171 Å². The van der Waals surface area contributed by atoms with Gasteiger partial charge in [-0.1, -0.05) is 0 Å². The summed E-state index contributed by atoms with van der Waals surface area (Å²) < 4.78 is 1.71. The van der Waals surface area contributed by atoms with E-state index >= 15 is 0 Å². The number of fused-ring (bicyclic) bond motifs is 4. The molecule has 0 aromatic carbocycles. The second-order valence-corrected chi connectivity index (χ2v) is 8.97. The minimum atomic E-state index is -0.168. The Balaban J connectivity index is 1.53. The van der Waals surface area contributed by atoms with Crippen LogP contribution in [0.4, 0.5) is 0 Å². The number of nitrogens with one attached hydrogen (secondary N) is 1. The molecule has 1 aromatic heterocycles. The van der Waals surface area contributed by atoms with Gasteiger partial charge in [0.1, 0.15) is 5.69 Å². The van der Waals surface area contributed by atoms with Crippen molar-refractivity contribution in [3.63, 3.8) is 0 Å². The molecule has 3 fully saturated rings. The van der Waals surface area contributed by atoms with Crippen LogP contribution in [0.3, 0.4) is 0 Å². The summed E-state index contributed by atoms with van der Waals surface area (Å²) in [6.45, 7) is 7.41. The van der Waals surface area contributed by atoms with Gasteiger partial charge in [0.2, 0.25) is 11.8 Å². The molecule has 8 nitrogen and oxygen atoms in total. The SMILES string of the molecule is CC(=O)N1C[C@H]2C[C@@H](C1)[C@H](CNC(=O)c1ccnn1C(C)C)N1C(=O)CCC[C@@H]21. The summed E-state index contributed by atoms with van der Waals surface area (Å²) in [5, 5.41) is 7.29. The van der Waals surface area contributed by atoms with Gasteiger partial charge in [-0.15, -0.1) is 0 Å². The first kappa shape index (κ1) is 19.9. The molecule has 0 spiro atoms. The van der Waals surface area contributed by atoms with Crippen molar-refractivity contribution in [3.8, 4) is 0 Å². The van der Waals surface area contributed by atoms with Crippen molar-refractivity contribution in [3.05, 3.63) is 18.0 Å². The lowest BCUT2D eigenvalue weighted by molar-refractivity contribution is -0.155. The second-order valence-electron chi connectivity index (χ2n) is 8.97. The number of hydrogen-bond acceptors (Lipinski definition) is 4. The van der Waals surface area contributed by atoms with Gasteiger partial charge in [-0.2, -0.15) is 5.10 Å². The fourth-order valence-corrected chi connectivity index (χ4v) is 5.49. The fraction of sp³-hybridized carbons (Fsp3) is 0.714. The maximum atomic E-state index is 12.8. The van der Waals surface area contributed by atoms with E-state index < -0.39 is 0 Å². The molecule has 29 heavy (non-hydrogen) atoms. The quantitative estimate of drug-likeness (QED) is 0.827. The van der Waals surface area contributed by atoms with E-state index in [0.29, 0.717) is 31.1 Å². The molecule has 158 valence electrons. The predicted octanol–water partition coefficient (Wildman–Crippen LogP) is 1.44. The number of carbonyl (C=O) groups excluding carboxylic acids is 3. The highest BCUT2D eigenvalue weighted by atomic mass is 16.2. The molecule has 4 rings (SSSR count). The van der Waals surface area contributed by atoms with Crippen LogP contribution in [-0.4, -0.2) is 69.0 Å². The van der Waals surface area contributed by atoms with Crippen LogP contribution >= 0.6 is 0 Å². The molecular formula is C21H31N5O3. The lowest BCUT2D eigenvalue weighted by Gasteiger charge is -2.56. The Morgan fingerprint density at radius 1 is 1.28 bits per heavy atom. The zero-order valence-electron chi connectivity index (χ0n) is 17.5. The summed E-state index contributed by atoms with van der Waals surface area (Å²) in [4.78, 5) is 41.7. The van der Waals surface area contributed by atoms with E-state index in [0.717, 1.165) is 25.8 Å². The molecule has 3 amide bonds. The number of hydrogen-bond donors (Lipinski definition) is 1. The number of likely N-dealkylation sites (tertiary alicyclic amines) is 1. The minimum absolute atomic E-state index is 0.0643. The van der Waals surface area contributed by atoms with Gasteiger partial charge in [-0.05, 0) is 51.0 Å². The maximum absolute atomic E-state index is 12.8. The van der Waals surface area contributed by atoms with Crippen LogP contribution < -0.4 is 5.32 Å². The molecule has 0 unspecified atom stereocenters. The molecule has 3 aliphatic heterocycles. The average Bonchev–Trinajstić information content (AvgIpc) is 3.18. The average molecular weight is 402 g/mol. The van der Waals surface area contributed by atoms with Gasteiger partial charge in [0.15, 0.2) is 0 Å². The van der Waals surface area contributed by atoms with Gasteiger partial charge in [-0.25, -0.2) is 0 Å². The summed E-state index contributed by atoms with van der Waals surface area (Å²) >= 11 is 0. The summed E-state index contributed by atoms with van der Waals surface area (Å²) in [6.07, 6.45) is 5.13. The molecule has 8 heteroatoms. The third-order valence-electron chi connectivity index (χ3n) is 6.81. The zero-order chi connectivity index (χ0) is 20.7. The zero-order valence-corrected chi connectivity index (χ0v) is 17.5. The van der Waals surface area contributed by atoms with Crippen molar-refractivity contribution < 1.29 is 14.4 Å². The van der Waals surface area contributed by atoms with Gasteiger partial charge in [-0.3, -0.25) is 19.1 Å². The highest BCUT2D eigenvalue weighted by molar-refractivity contribution is 5.92. The molecular weight excluding hydrogens is 370 g/mol. The van der Waals surface area contributed by atoms with Crippen LogP contribution in [-0.2, 0) is 9.59 Å². The Morgan fingerprint density at radius 2 is 2.03 bits per heavy atom. The van der Waals surface area contributed by atoms with E-state index in [1.807, 2.05) is 18.7 Å². The molecule has 0 saturated carbocycles. The van der Waals surface area contributed by atoms with Crippen molar-refractivity contribution in [1.82, 2.24) is 24.9 Å². The Kier molecular flexibility index (Phi) is 5.36. The Bertz CT molecular complexity index is 804. The van der Waals surface area contributed by atoms with E-state index in [4.69, 9.17) is 0 Å². The van der Waals surface area contributed by atoms with Crippen LogP contribution in [0.5, 0.6) is 0 Å². The number of rotatable bonds is 4. The lowest BCUT2D eigenvalue weighted by atomic mass is 9.72. The van der Waals surface area contributed by atoms with Crippen molar-refractivity contribution in [1.29, 1.82) is 0 Å². The fourth-order valence-electron chi connectivity index (χ4n) is 5.49. The monoisotopic (exact) mass is 401 g/mol. The highest BCUT2D eigenvalue weighted by Crippen LogP contribution is 2.41. The number of amides is 3. The number of carbonyl (C=O) groups is 3. The van der Waals surface area contributed by atoms with Crippen LogP contribution in [0.1, 0.15) is 63.0 Å². The van der Waals surface area contributed by atoms with Gasteiger partial charge >= 0.3 is 0 Å². The second kappa shape index (κ2) is 7.80. The molecule has 0 radical (unpaired) electrons. The van der Waals surface area contributed by atoms with Gasteiger partial charge in [0.25, 0.3) is 5.91 Å². The molecule has 4 atom stereocenters. The van der Waals surface area contributed by atoms with Crippen molar-refractivity contribution in [2.24, 2.45) is 11.8 Å². The topological polar surface area (TPSA) is 87.5 Å². The van der Waals surface area contributed by atoms with Crippen molar-refractivity contribution in [2.45, 2.75) is 64.6 Å². The largest absolute Gasteiger partial charge is 0.349 e. The summed E-state index contributed by atoms with van der Waals surface area (Å²) in [6, 6.07) is 1.93.